The molecule has 0 fully saturated rings. The zero-order valence-electron chi connectivity index (χ0n) is 15.6. The van der Waals surface area contributed by atoms with Gasteiger partial charge in [0.1, 0.15) is 12.3 Å². The number of carbonyl (C=O) groups is 1. The number of ether oxygens (including phenoxy) is 1. The van der Waals surface area contributed by atoms with Gasteiger partial charge in [-0.05, 0) is 32.0 Å². The Bertz CT molecular complexity index is 923. The predicted molar refractivity (Wildman–Crippen MR) is 103 cm³/mol. The summed E-state index contributed by atoms with van der Waals surface area (Å²) in [6.07, 6.45) is 0. The molecule has 27 heavy (non-hydrogen) atoms. The topological polar surface area (TPSA) is 80.5 Å². The van der Waals surface area contributed by atoms with Crippen LogP contribution < -0.4 is 10.1 Å². The fourth-order valence-corrected chi connectivity index (χ4v) is 2.65. The summed E-state index contributed by atoms with van der Waals surface area (Å²) in [5, 5.41) is 6.87. The lowest BCUT2D eigenvalue weighted by Crippen LogP contribution is -2.34. The molecule has 2 aromatic carbocycles. The molecule has 0 bridgehead atoms. The van der Waals surface area contributed by atoms with Gasteiger partial charge in [-0.2, -0.15) is 4.98 Å². The minimum atomic E-state index is -0.266. The first-order chi connectivity index (χ1) is 13.1. The standard InChI is InChI=1S/C20H22N4O3/c1-4-24(20(25)21-16-10-5-6-11-17(16)26-3)13-18-22-19(23-27-18)15-9-7-8-14(2)12-15/h5-12H,4,13H2,1-3H3,(H,21,25). The molecule has 0 saturated heterocycles. The number of para-hydroxylation sites is 2. The van der Waals surface area contributed by atoms with E-state index in [0.29, 0.717) is 29.7 Å². The van der Waals surface area contributed by atoms with Crippen LogP contribution in [0.4, 0.5) is 10.5 Å². The van der Waals surface area contributed by atoms with E-state index in [1.54, 1.807) is 24.1 Å². The SMILES string of the molecule is CCN(Cc1nc(-c2cccc(C)c2)no1)C(=O)Nc1ccccc1OC. The predicted octanol–water partition coefficient (Wildman–Crippen LogP) is 4.11. The van der Waals surface area contributed by atoms with Crippen molar-refractivity contribution >= 4 is 11.7 Å². The highest BCUT2D eigenvalue weighted by Crippen LogP contribution is 2.23. The highest BCUT2D eigenvalue weighted by molar-refractivity contribution is 5.90. The molecule has 3 rings (SSSR count). The summed E-state index contributed by atoms with van der Waals surface area (Å²) in [5.74, 6) is 1.49. The van der Waals surface area contributed by atoms with E-state index in [4.69, 9.17) is 9.26 Å². The van der Waals surface area contributed by atoms with E-state index in [1.807, 2.05) is 50.2 Å². The van der Waals surface area contributed by atoms with Crippen LogP contribution in [0.15, 0.2) is 53.1 Å². The smallest absolute Gasteiger partial charge is 0.322 e. The molecule has 0 aliphatic heterocycles. The number of amides is 2. The second-order valence-electron chi connectivity index (χ2n) is 6.03. The van der Waals surface area contributed by atoms with Gasteiger partial charge in [0.2, 0.25) is 11.7 Å². The van der Waals surface area contributed by atoms with E-state index in [2.05, 4.69) is 15.5 Å². The molecule has 0 aliphatic rings. The van der Waals surface area contributed by atoms with Crippen molar-refractivity contribution in [2.45, 2.75) is 20.4 Å². The summed E-state index contributed by atoms with van der Waals surface area (Å²) >= 11 is 0. The van der Waals surface area contributed by atoms with Crippen LogP contribution in [0.2, 0.25) is 0 Å². The van der Waals surface area contributed by atoms with Crippen LogP contribution in [0.3, 0.4) is 0 Å². The third-order valence-corrected chi connectivity index (χ3v) is 4.09. The van der Waals surface area contributed by atoms with E-state index >= 15 is 0 Å². The molecule has 140 valence electrons. The second-order valence-corrected chi connectivity index (χ2v) is 6.03. The molecule has 7 heteroatoms. The Hall–Kier alpha value is -3.35. The van der Waals surface area contributed by atoms with Gasteiger partial charge in [0, 0.05) is 12.1 Å². The molecule has 0 radical (unpaired) electrons. The Balaban J connectivity index is 1.71. The van der Waals surface area contributed by atoms with Crippen LogP contribution in [0.5, 0.6) is 5.75 Å². The molecule has 0 aliphatic carbocycles. The normalized spacial score (nSPS) is 10.5. The first-order valence-corrected chi connectivity index (χ1v) is 8.69. The minimum Gasteiger partial charge on any atom is -0.495 e. The first kappa shape index (κ1) is 18.4. The zero-order chi connectivity index (χ0) is 19.2. The van der Waals surface area contributed by atoms with Crippen LogP contribution in [0, 0.1) is 6.92 Å². The maximum Gasteiger partial charge on any atom is 0.322 e. The van der Waals surface area contributed by atoms with Crippen LogP contribution in [0.25, 0.3) is 11.4 Å². The average Bonchev–Trinajstić information content (AvgIpc) is 3.15. The summed E-state index contributed by atoms with van der Waals surface area (Å²) in [6, 6.07) is 14.8. The van der Waals surface area contributed by atoms with E-state index < -0.39 is 0 Å². The summed E-state index contributed by atoms with van der Waals surface area (Å²) in [6.45, 7) is 4.60. The fraction of sp³-hybridized carbons (Fsp3) is 0.250. The Morgan fingerprint density at radius 1 is 1.22 bits per heavy atom. The van der Waals surface area contributed by atoms with Crippen LogP contribution in [0.1, 0.15) is 18.4 Å². The minimum absolute atomic E-state index is 0.219. The molecular formula is C20H22N4O3. The molecule has 3 aromatic rings. The molecule has 0 spiro atoms. The van der Waals surface area contributed by atoms with Crippen molar-refractivity contribution in [3.8, 4) is 17.1 Å². The molecule has 0 atom stereocenters. The van der Waals surface area contributed by atoms with Gasteiger partial charge in [-0.25, -0.2) is 4.79 Å². The molecular weight excluding hydrogens is 344 g/mol. The Morgan fingerprint density at radius 3 is 2.78 bits per heavy atom. The van der Waals surface area contributed by atoms with Gasteiger partial charge in [0.25, 0.3) is 0 Å². The molecule has 0 unspecified atom stereocenters. The van der Waals surface area contributed by atoms with Crippen molar-refractivity contribution in [3.63, 3.8) is 0 Å². The lowest BCUT2D eigenvalue weighted by atomic mass is 10.1. The summed E-state index contributed by atoms with van der Waals surface area (Å²) < 4.78 is 10.6. The summed E-state index contributed by atoms with van der Waals surface area (Å²) in [4.78, 5) is 18.6. The zero-order valence-corrected chi connectivity index (χ0v) is 15.6. The maximum atomic E-state index is 12.6. The van der Waals surface area contributed by atoms with Gasteiger partial charge in [0.15, 0.2) is 0 Å². The number of hydrogen-bond acceptors (Lipinski definition) is 5. The van der Waals surface area contributed by atoms with Crippen LogP contribution >= 0.6 is 0 Å². The Kier molecular flexibility index (Phi) is 5.71. The lowest BCUT2D eigenvalue weighted by Gasteiger charge is -2.20. The molecule has 0 saturated carbocycles. The largest absolute Gasteiger partial charge is 0.495 e. The third kappa shape index (κ3) is 4.44. The third-order valence-electron chi connectivity index (χ3n) is 4.09. The summed E-state index contributed by atoms with van der Waals surface area (Å²) in [7, 11) is 1.56. The number of rotatable bonds is 6. The molecule has 7 nitrogen and oxygen atoms in total. The highest BCUT2D eigenvalue weighted by atomic mass is 16.5. The van der Waals surface area contributed by atoms with Crippen LogP contribution in [-0.4, -0.2) is 34.7 Å². The van der Waals surface area contributed by atoms with Gasteiger partial charge >= 0.3 is 6.03 Å². The number of hydrogen-bond donors (Lipinski definition) is 1. The Morgan fingerprint density at radius 2 is 2.04 bits per heavy atom. The van der Waals surface area contributed by atoms with Crippen molar-refractivity contribution < 1.29 is 14.1 Å². The van der Waals surface area contributed by atoms with Gasteiger partial charge in [-0.1, -0.05) is 41.1 Å². The quantitative estimate of drug-likeness (QED) is 0.710. The van der Waals surface area contributed by atoms with Gasteiger partial charge < -0.3 is 19.5 Å². The summed E-state index contributed by atoms with van der Waals surface area (Å²) in [5.41, 5.74) is 2.60. The van der Waals surface area contributed by atoms with E-state index in [0.717, 1.165) is 11.1 Å². The van der Waals surface area contributed by atoms with E-state index in [-0.39, 0.29) is 12.6 Å². The van der Waals surface area contributed by atoms with Crippen molar-refractivity contribution in [1.82, 2.24) is 15.0 Å². The number of nitrogens with zero attached hydrogens (tertiary/aromatic N) is 3. The number of nitrogens with one attached hydrogen (secondary N) is 1. The maximum absolute atomic E-state index is 12.6. The number of benzene rings is 2. The van der Waals surface area contributed by atoms with Crippen molar-refractivity contribution in [1.29, 1.82) is 0 Å². The first-order valence-electron chi connectivity index (χ1n) is 8.69. The van der Waals surface area contributed by atoms with Crippen LogP contribution in [-0.2, 0) is 6.54 Å². The van der Waals surface area contributed by atoms with Crippen molar-refractivity contribution in [3.05, 3.63) is 60.0 Å². The van der Waals surface area contributed by atoms with Crippen molar-refractivity contribution in [2.75, 3.05) is 19.0 Å². The Labute approximate surface area is 158 Å². The fourth-order valence-electron chi connectivity index (χ4n) is 2.65. The number of anilines is 1. The van der Waals surface area contributed by atoms with Gasteiger partial charge in [-0.15, -0.1) is 0 Å². The highest BCUT2D eigenvalue weighted by Gasteiger charge is 2.18. The van der Waals surface area contributed by atoms with E-state index in [1.165, 1.54) is 0 Å². The number of urea groups is 1. The number of methoxy groups -OCH3 is 1. The van der Waals surface area contributed by atoms with Crippen molar-refractivity contribution in [2.24, 2.45) is 0 Å². The van der Waals surface area contributed by atoms with Gasteiger partial charge in [0.05, 0.1) is 12.8 Å². The molecule has 2 amide bonds. The average molecular weight is 366 g/mol. The van der Waals surface area contributed by atoms with Gasteiger partial charge in [-0.3, -0.25) is 0 Å². The number of aryl methyl sites for hydroxylation is 1. The second kappa shape index (κ2) is 8.35. The number of carbonyl (C=O) groups excluding carboxylic acids is 1. The lowest BCUT2D eigenvalue weighted by molar-refractivity contribution is 0.203. The number of aromatic nitrogens is 2. The molecule has 1 heterocycles. The van der Waals surface area contributed by atoms with E-state index in [9.17, 15) is 4.79 Å². The monoisotopic (exact) mass is 366 g/mol. The molecule has 1 N–H and O–H groups in total. The molecule has 1 aromatic heterocycles.